The molecular formula is C13H27NSi. The van der Waals surface area contributed by atoms with Crippen molar-refractivity contribution in [3.63, 3.8) is 0 Å². The van der Waals surface area contributed by atoms with Crippen molar-refractivity contribution in [2.75, 3.05) is 19.3 Å². The third-order valence-corrected chi connectivity index (χ3v) is 8.79. The maximum absolute atomic E-state index is 2.65. The van der Waals surface area contributed by atoms with Crippen molar-refractivity contribution in [3.05, 3.63) is 12.2 Å². The predicted molar refractivity (Wildman–Crippen MR) is 72.0 cm³/mol. The summed E-state index contributed by atoms with van der Waals surface area (Å²) in [5.74, 6) is 0. The second kappa shape index (κ2) is 6.49. The van der Waals surface area contributed by atoms with Crippen molar-refractivity contribution in [1.29, 1.82) is 0 Å². The van der Waals surface area contributed by atoms with Gasteiger partial charge in [-0.05, 0) is 19.1 Å². The highest BCUT2D eigenvalue weighted by Gasteiger charge is 2.34. The molecule has 1 saturated heterocycles. The third kappa shape index (κ3) is 4.52. The summed E-state index contributed by atoms with van der Waals surface area (Å²) in [4.78, 5) is 2.65. The zero-order chi connectivity index (χ0) is 11.1. The second-order valence-electron chi connectivity index (χ2n) is 5.05. The summed E-state index contributed by atoms with van der Waals surface area (Å²) in [7, 11) is -0.978. The van der Waals surface area contributed by atoms with Gasteiger partial charge in [-0.15, -0.1) is 0 Å². The number of hydrogen-bond acceptors (Lipinski definition) is 1. The molecule has 0 N–H and O–H groups in total. The molecule has 0 spiro atoms. The van der Waals surface area contributed by atoms with E-state index in [0.29, 0.717) is 0 Å². The molecule has 1 aliphatic rings. The van der Waals surface area contributed by atoms with Crippen LogP contribution in [0.25, 0.3) is 0 Å². The number of allylic oxidation sites excluding steroid dienone is 2. The molecule has 0 saturated carbocycles. The Morgan fingerprint density at radius 3 is 2.13 bits per heavy atom. The molecule has 1 fully saturated rings. The number of hydrogen-bond donors (Lipinski definition) is 0. The maximum atomic E-state index is 2.65. The van der Waals surface area contributed by atoms with Crippen LogP contribution in [0.2, 0.25) is 18.1 Å². The van der Waals surface area contributed by atoms with E-state index >= 15 is 0 Å². The van der Waals surface area contributed by atoms with Crippen molar-refractivity contribution in [1.82, 2.24) is 4.90 Å². The van der Waals surface area contributed by atoms with Crippen LogP contribution < -0.4 is 0 Å². The molecule has 2 heteroatoms. The molecule has 15 heavy (non-hydrogen) atoms. The lowest BCUT2D eigenvalue weighted by molar-refractivity contribution is 0.637. The van der Waals surface area contributed by atoms with E-state index in [1.807, 2.05) is 0 Å². The molecule has 0 amide bonds. The zero-order valence-corrected chi connectivity index (χ0v) is 11.8. The first-order chi connectivity index (χ1) is 7.26. The highest BCUT2D eigenvalue weighted by molar-refractivity contribution is 6.80. The summed E-state index contributed by atoms with van der Waals surface area (Å²) >= 11 is 0. The van der Waals surface area contributed by atoms with Crippen LogP contribution in [0, 0.1) is 0 Å². The van der Waals surface area contributed by atoms with Crippen LogP contribution in [0.4, 0.5) is 0 Å². The first-order valence-corrected chi connectivity index (χ1v) is 9.42. The molecule has 1 rings (SSSR count). The highest BCUT2D eigenvalue weighted by Crippen LogP contribution is 2.28. The monoisotopic (exact) mass is 225 g/mol. The van der Waals surface area contributed by atoms with E-state index in [1.54, 1.807) is 0 Å². The minimum atomic E-state index is -0.978. The quantitative estimate of drug-likeness (QED) is 0.346. The Kier molecular flexibility index (Phi) is 5.62. The topological polar surface area (TPSA) is 3.01 Å². The van der Waals surface area contributed by atoms with Gasteiger partial charge in [0.2, 0.25) is 0 Å². The average Bonchev–Trinajstić information content (AvgIpc) is 2.99. The molecule has 0 aromatic rings. The Balaban J connectivity index is 2.56. The van der Waals surface area contributed by atoms with Crippen molar-refractivity contribution in [3.8, 4) is 0 Å². The van der Waals surface area contributed by atoms with Gasteiger partial charge in [-0.25, -0.2) is 0 Å². The Hall–Kier alpha value is -0.0831. The molecular weight excluding hydrogens is 198 g/mol. The normalized spacial score (nSPS) is 17.5. The lowest BCUT2D eigenvalue weighted by atomic mass is 10.6. The Morgan fingerprint density at radius 1 is 1.13 bits per heavy atom. The van der Waals surface area contributed by atoms with Gasteiger partial charge in [0.1, 0.15) is 0 Å². The second-order valence-corrected chi connectivity index (χ2v) is 9.77. The Bertz CT molecular complexity index is 191. The van der Waals surface area contributed by atoms with Crippen LogP contribution in [0.3, 0.4) is 0 Å². The molecule has 1 nitrogen and oxygen atoms in total. The third-order valence-electron chi connectivity index (χ3n) is 3.45. The average molecular weight is 225 g/mol. The van der Waals surface area contributed by atoms with E-state index < -0.39 is 8.07 Å². The number of nitrogens with zero attached hydrogens (tertiary/aromatic N) is 1. The smallest absolute Gasteiger partial charge is 0.0727 e. The van der Waals surface area contributed by atoms with Crippen molar-refractivity contribution >= 4 is 8.07 Å². The van der Waals surface area contributed by atoms with Gasteiger partial charge in [-0.1, -0.05) is 50.9 Å². The summed E-state index contributed by atoms with van der Waals surface area (Å²) in [6.45, 7) is 9.62. The van der Waals surface area contributed by atoms with E-state index in [0.717, 1.165) is 0 Å². The first-order valence-electron chi connectivity index (χ1n) is 6.60. The zero-order valence-electron chi connectivity index (χ0n) is 10.8. The molecule has 1 heterocycles. The largest absolute Gasteiger partial charge is 0.304 e. The molecule has 0 bridgehead atoms. The molecule has 88 valence electrons. The van der Waals surface area contributed by atoms with Crippen molar-refractivity contribution in [2.24, 2.45) is 0 Å². The van der Waals surface area contributed by atoms with Crippen LogP contribution in [-0.4, -0.2) is 32.2 Å². The van der Waals surface area contributed by atoms with Crippen molar-refractivity contribution in [2.45, 2.75) is 51.7 Å². The first kappa shape index (κ1) is 13.0. The van der Waals surface area contributed by atoms with Gasteiger partial charge < -0.3 is 4.90 Å². The SMILES string of the molecule is C/C=C/C[Si](CCC)(CCC)CN1CC1. The van der Waals surface area contributed by atoms with E-state index in [1.165, 1.54) is 50.2 Å². The van der Waals surface area contributed by atoms with E-state index in [2.05, 4.69) is 37.8 Å². The van der Waals surface area contributed by atoms with Gasteiger partial charge in [0.25, 0.3) is 0 Å². The summed E-state index contributed by atoms with van der Waals surface area (Å²) in [6.07, 6.45) is 8.92. The summed E-state index contributed by atoms with van der Waals surface area (Å²) < 4.78 is 0. The fraction of sp³-hybridized carbons (Fsp3) is 0.846. The summed E-state index contributed by atoms with van der Waals surface area (Å²) in [5, 5.41) is 0. The lowest BCUT2D eigenvalue weighted by Crippen LogP contribution is -2.41. The van der Waals surface area contributed by atoms with Gasteiger partial charge in [-0.2, -0.15) is 0 Å². The van der Waals surface area contributed by atoms with Crippen LogP contribution in [0.1, 0.15) is 33.6 Å². The van der Waals surface area contributed by atoms with Gasteiger partial charge in [0.15, 0.2) is 0 Å². The molecule has 1 aliphatic heterocycles. The molecule has 0 radical (unpaired) electrons. The Labute approximate surface area is 96.6 Å². The van der Waals surface area contributed by atoms with Crippen LogP contribution in [-0.2, 0) is 0 Å². The standard InChI is InChI=1S/C13H27NSi/c1-4-7-12-15(10-5-2,11-6-3)13-14-8-9-14/h4,7H,5-6,8-13H2,1-3H3/b7-4+. The van der Waals surface area contributed by atoms with E-state index in [9.17, 15) is 0 Å². The van der Waals surface area contributed by atoms with Crippen LogP contribution in [0.5, 0.6) is 0 Å². The predicted octanol–water partition coefficient (Wildman–Crippen LogP) is 3.69. The van der Waals surface area contributed by atoms with Crippen LogP contribution in [0.15, 0.2) is 12.2 Å². The number of rotatable bonds is 8. The highest BCUT2D eigenvalue weighted by atomic mass is 28.3. The van der Waals surface area contributed by atoms with E-state index in [4.69, 9.17) is 0 Å². The van der Waals surface area contributed by atoms with Crippen LogP contribution >= 0.6 is 0 Å². The molecule has 0 aliphatic carbocycles. The molecule has 0 aromatic carbocycles. The summed E-state index contributed by atoms with van der Waals surface area (Å²) in [6, 6.07) is 4.48. The molecule has 0 atom stereocenters. The minimum Gasteiger partial charge on any atom is -0.304 e. The minimum absolute atomic E-state index is 0.978. The van der Waals surface area contributed by atoms with Gasteiger partial charge in [0.05, 0.1) is 8.07 Å². The molecule has 0 unspecified atom stereocenters. The summed E-state index contributed by atoms with van der Waals surface area (Å²) in [5.41, 5.74) is 0. The van der Waals surface area contributed by atoms with E-state index in [-0.39, 0.29) is 0 Å². The van der Waals surface area contributed by atoms with Gasteiger partial charge >= 0.3 is 0 Å². The Morgan fingerprint density at radius 2 is 1.73 bits per heavy atom. The molecule has 0 aromatic heterocycles. The van der Waals surface area contributed by atoms with Crippen molar-refractivity contribution < 1.29 is 0 Å². The fourth-order valence-corrected chi connectivity index (χ4v) is 7.91. The lowest BCUT2D eigenvalue weighted by Gasteiger charge is -2.31. The maximum Gasteiger partial charge on any atom is 0.0727 e. The fourth-order valence-electron chi connectivity index (χ4n) is 2.68. The van der Waals surface area contributed by atoms with Gasteiger partial charge in [0, 0.05) is 13.1 Å². The van der Waals surface area contributed by atoms with Gasteiger partial charge in [-0.3, -0.25) is 0 Å².